The highest BCUT2D eigenvalue weighted by molar-refractivity contribution is 5.85. The van der Waals surface area contributed by atoms with E-state index in [-0.39, 0.29) is 24.5 Å². The maximum atomic E-state index is 13.1. The van der Waals surface area contributed by atoms with Crippen molar-refractivity contribution in [2.24, 2.45) is 0 Å². The Bertz CT molecular complexity index is 419. The van der Waals surface area contributed by atoms with Gasteiger partial charge in [0.05, 0.1) is 18.7 Å². The van der Waals surface area contributed by atoms with E-state index < -0.39 is 17.7 Å². The van der Waals surface area contributed by atoms with Crippen molar-refractivity contribution in [1.29, 1.82) is 0 Å². The molecule has 0 amide bonds. The zero-order chi connectivity index (χ0) is 12.6. The van der Waals surface area contributed by atoms with Gasteiger partial charge in [-0.25, -0.2) is 8.78 Å². The number of ether oxygens (including phenoxy) is 1. The monoisotopic (exact) mass is 279 g/mol. The minimum absolute atomic E-state index is 0. The molecule has 1 aromatic carbocycles. The molecule has 1 heterocycles. The van der Waals surface area contributed by atoms with E-state index in [1.54, 1.807) is 6.92 Å². The van der Waals surface area contributed by atoms with Gasteiger partial charge < -0.3 is 9.94 Å². The predicted molar refractivity (Wildman–Crippen MR) is 64.8 cm³/mol. The number of halogens is 3. The van der Waals surface area contributed by atoms with E-state index in [4.69, 9.17) is 4.74 Å². The normalized spacial score (nSPS) is 28.8. The summed E-state index contributed by atoms with van der Waals surface area (Å²) in [6.07, 6.45) is -0.453. The summed E-state index contributed by atoms with van der Waals surface area (Å²) >= 11 is 0. The number of hydrogen-bond acceptors (Lipinski definition) is 3. The quantitative estimate of drug-likeness (QED) is 0.858. The molecule has 0 bridgehead atoms. The van der Waals surface area contributed by atoms with Gasteiger partial charge in [-0.3, -0.25) is 0 Å². The van der Waals surface area contributed by atoms with Gasteiger partial charge in [0.25, 0.3) is 0 Å². The summed E-state index contributed by atoms with van der Waals surface area (Å²) in [5.74, 6) is -1.78. The number of hydrogen-bond donors (Lipinski definition) is 1. The Morgan fingerprint density at radius 1 is 1.28 bits per heavy atom. The number of morpholine rings is 1. The van der Waals surface area contributed by atoms with E-state index in [0.29, 0.717) is 12.2 Å². The van der Waals surface area contributed by atoms with E-state index in [1.165, 1.54) is 11.1 Å². The van der Waals surface area contributed by atoms with Crippen molar-refractivity contribution < 1.29 is 18.7 Å². The second kappa shape index (κ2) is 5.93. The number of rotatable bonds is 1. The first kappa shape index (κ1) is 15.3. The lowest BCUT2D eigenvalue weighted by Crippen LogP contribution is -2.48. The van der Waals surface area contributed by atoms with Crippen LogP contribution in [0.25, 0.3) is 0 Å². The smallest absolute Gasteiger partial charge is 0.159 e. The van der Waals surface area contributed by atoms with Gasteiger partial charge >= 0.3 is 0 Å². The van der Waals surface area contributed by atoms with E-state index in [9.17, 15) is 14.0 Å². The summed E-state index contributed by atoms with van der Waals surface area (Å²) in [4.78, 5) is 0. The minimum atomic E-state index is -0.901. The molecule has 0 saturated carbocycles. The first-order chi connectivity index (χ1) is 8.00. The highest BCUT2D eigenvalue weighted by Crippen LogP contribution is 2.30. The largest absolute Gasteiger partial charge is 0.370 e. The van der Waals surface area contributed by atoms with Crippen LogP contribution in [0, 0.1) is 11.6 Å². The maximum Gasteiger partial charge on any atom is 0.159 e. The Morgan fingerprint density at radius 3 is 2.56 bits per heavy atom. The summed E-state index contributed by atoms with van der Waals surface area (Å²) < 4.78 is 31.5. The molecule has 6 heteroatoms. The van der Waals surface area contributed by atoms with Gasteiger partial charge in [0.15, 0.2) is 11.6 Å². The molecule has 3 atom stereocenters. The van der Waals surface area contributed by atoms with Crippen LogP contribution in [0.5, 0.6) is 0 Å². The first-order valence-corrected chi connectivity index (χ1v) is 5.54. The van der Waals surface area contributed by atoms with E-state index in [2.05, 4.69) is 0 Å². The molecule has 1 N–H and O–H groups in total. The highest BCUT2D eigenvalue weighted by Gasteiger charge is 2.33. The van der Waals surface area contributed by atoms with Gasteiger partial charge in [-0.2, -0.15) is 5.06 Å². The Labute approximate surface area is 111 Å². The van der Waals surface area contributed by atoms with Crippen LogP contribution in [0.3, 0.4) is 0 Å². The molecular formula is C12H16ClF2NO2. The Kier molecular flexibility index (Phi) is 5.04. The number of nitrogens with zero attached hydrogens (tertiary/aromatic N) is 1. The SMILES string of the molecule is C[C@@H]1CO[C@@H](c2ccc(F)c(F)c2)[C@H](C)N1O.Cl. The van der Waals surface area contributed by atoms with E-state index in [0.717, 1.165) is 12.1 Å². The summed E-state index contributed by atoms with van der Waals surface area (Å²) in [7, 11) is 0. The lowest BCUT2D eigenvalue weighted by molar-refractivity contribution is -0.233. The van der Waals surface area contributed by atoms with Crippen LogP contribution in [0.2, 0.25) is 0 Å². The van der Waals surface area contributed by atoms with Crippen LogP contribution in [-0.2, 0) is 4.74 Å². The fourth-order valence-corrected chi connectivity index (χ4v) is 2.06. The predicted octanol–water partition coefficient (Wildman–Crippen LogP) is 2.93. The molecule has 0 aromatic heterocycles. The van der Waals surface area contributed by atoms with Crippen LogP contribution in [0.15, 0.2) is 18.2 Å². The highest BCUT2D eigenvalue weighted by atomic mass is 35.5. The fourth-order valence-electron chi connectivity index (χ4n) is 2.06. The Hall–Kier alpha value is -0.750. The third-order valence-corrected chi connectivity index (χ3v) is 3.10. The molecule has 102 valence electrons. The van der Waals surface area contributed by atoms with Gasteiger partial charge in [0.2, 0.25) is 0 Å². The zero-order valence-corrected chi connectivity index (χ0v) is 11.0. The molecule has 1 aromatic rings. The molecule has 0 unspecified atom stereocenters. The second-order valence-corrected chi connectivity index (χ2v) is 4.40. The Morgan fingerprint density at radius 2 is 1.94 bits per heavy atom. The molecule has 2 rings (SSSR count). The van der Waals surface area contributed by atoms with Gasteiger partial charge in [-0.05, 0) is 31.5 Å². The third-order valence-electron chi connectivity index (χ3n) is 3.10. The molecule has 0 radical (unpaired) electrons. The molecule has 0 aliphatic carbocycles. The minimum Gasteiger partial charge on any atom is -0.370 e. The summed E-state index contributed by atoms with van der Waals surface area (Å²) in [6, 6.07) is 3.25. The molecule has 1 aliphatic rings. The number of hydroxylamine groups is 2. The molecule has 0 spiro atoms. The summed E-state index contributed by atoms with van der Waals surface area (Å²) in [6.45, 7) is 3.96. The average molecular weight is 280 g/mol. The number of benzene rings is 1. The van der Waals surface area contributed by atoms with Crippen LogP contribution >= 0.6 is 12.4 Å². The summed E-state index contributed by atoms with van der Waals surface area (Å²) in [5.41, 5.74) is 0.530. The Balaban J connectivity index is 0.00000162. The first-order valence-electron chi connectivity index (χ1n) is 5.54. The van der Waals surface area contributed by atoms with Crippen LogP contribution in [0.4, 0.5) is 8.78 Å². The van der Waals surface area contributed by atoms with Gasteiger partial charge in [-0.1, -0.05) is 6.07 Å². The van der Waals surface area contributed by atoms with Gasteiger partial charge in [0.1, 0.15) is 6.10 Å². The van der Waals surface area contributed by atoms with Gasteiger partial charge in [-0.15, -0.1) is 12.4 Å². The molecular weight excluding hydrogens is 264 g/mol. The lowest BCUT2D eigenvalue weighted by atomic mass is 10.00. The van der Waals surface area contributed by atoms with Crippen LogP contribution in [-0.4, -0.2) is 29.0 Å². The third kappa shape index (κ3) is 2.80. The fraction of sp³-hybridized carbons (Fsp3) is 0.500. The zero-order valence-electron chi connectivity index (χ0n) is 10.1. The van der Waals surface area contributed by atoms with Crippen molar-refractivity contribution in [3.8, 4) is 0 Å². The van der Waals surface area contributed by atoms with Crippen LogP contribution < -0.4 is 0 Å². The van der Waals surface area contributed by atoms with Crippen molar-refractivity contribution in [2.45, 2.75) is 32.0 Å². The van der Waals surface area contributed by atoms with Crippen molar-refractivity contribution in [3.63, 3.8) is 0 Å². The van der Waals surface area contributed by atoms with E-state index in [1.807, 2.05) is 6.92 Å². The maximum absolute atomic E-state index is 13.1. The lowest BCUT2D eigenvalue weighted by Gasteiger charge is -2.39. The van der Waals surface area contributed by atoms with Crippen molar-refractivity contribution in [1.82, 2.24) is 5.06 Å². The average Bonchev–Trinajstić information content (AvgIpc) is 2.30. The van der Waals surface area contributed by atoms with Crippen LogP contribution in [0.1, 0.15) is 25.5 Å². The van der Waals surface area contributed by atoms with Crippen molar-refractivity contribution >= 4 is 12.4 Å². The topological polar surface area (TPSA) is 32.7 Å². The van der Waals surface area contributed by atoms with Gasteiger partial charge in [0, 0.05) is 0 Å². The van der Waals surface area contributed by atoms with E-state index >= 15 is 0 Å². The van der Waals surface area contributed by atoms with Crippen molar-refractivity contribution in [2.75, 3.05) is 6.61 Å². The molecule has 3 nitrogen and oxygen atoms in total. The molecule has 1 fully saturated rings. The van der Waals surface area contributed by atoms with Crippen molar-refractivity contribution in [3.05, 3.63) is 35.4 Å². The molecule has 1 aliphatic heterocycles. The standard InChI is InChI=1S/C12H15F2NO2.ClH/c1-7-6-17-12(8(2)15(7)16)9-3-4-10(13)11(14)5-9;/h3-5,7-8,12,16H,6H2,1-2H3;1H/t7-,8+,12-;/m1./s1. The second-order valence-electron chi connectivity index (χ2n) is 4.40. The summed E-state index contributed by atoms with van der Waals surface area (Å²) in [5, 5.41) is 11.0. The molecule has 1 saturated heterocycles. The molecule has 18 heavy (non-hydrogen) atoms.